The van der Waals surface area contributed by atoms with Gasteiger partial charge in [-0.15, -0.1) is 0 Å². The van der Waals surface area contributed by atoms with E-state index < -0.39 is 0 Å². The second-order valence-electron chi connectivity index (χ2n) is 7.00. The van der Waals surface area contributed by atoms with Gasteiger partial charge in [-0.2, -0.15) is 0 Å². The van der Waals surface area contributed by atoms with Crippen LogP contribution in [0.4, 0.5) is 0 Å². The molecule has 146 valence electrons. The van der Waals surface area contributed by atoms with Gasteiger partial charge in [0, 0.05) is 19.2 Å². The number of nitrogens with zero attached hydrogens (tertiary/aromatic N) is 2. The highest BCUT2D eigenvalue weighted by atomic mass is 16.3. The van der Waals surface area contributed by atoms with E-state index in [1.807, 2.05) is 30.3 Å². The number of fused-ring (bicyclic) bond motifs is 1. The Bertz CT molecular complexity index is 1060. The van der Waals surface area contributed by atoms with Crippen LogP contribution in [0.2, 0.25) is 0 Å². The van der Waals surface area contributed by atoms with E-state index in [1.165, 1.54) is 15.9 Å². The third kappa shape index (κ3) is 3.69. The van der Waals surface area contributed by atoms with Gasteiger partial charge in [0.15, 0.2) is 0 Å². The number of carbonyl (C=O) groups is 3. The van der Waals surface area contributed by atoms with Gasteiger partial charge in [-0.1, -0.05) is 30.3 Å². The Morgan fingerprint density at radius 3 is 2.45 bits per heavy atom. The normalized spacial score (nSPS) is 12.9. The molecule has 1 aliphatic rings. The predicted molar refractivity (Wildman–Crippen MR) is 106 cm³/mol. The van der Waals surface area contributed by atoms with Gasteiger partial charge in [-0.05, 0) is 42.3 Å². The standard InChI is InChI=1S/C23H20N2O4/c1-24(15-18-8-5-13-29-18)21(26)17-9-10-19-20(14-17)23(28)25(22(19)27)12-11-16-6-3-2-4-7-16/h2-10,13-14H,11-12,15H2,1H3. The van der Waals surface area contributed by atoms with Gasteiger partial charge in [0.2, 0.25) is 0 Å². The Hall–Kier alpha value is -3.67. The molecule has 0 N–H and O–H groups in total. The van der Waals surface area contributed by atoms with Crippen molar-refractivity contribution in [2.45, 2.75) is 13.0 Å². The minimum Gasteiger partial charge on any atom is -0.467 e. The van der Waals surface area contributed by atoms with Crippen molar-refractivity contribution in [1.82, 2.24) is 9.80 Å². The summed E-state index contributed by atoms with van der Waals surface area (Å²) in [6.45, 7) is 0.622. The average Bonchev–Trinajstić information content (AvgIpc) is 3.33. The van der Waals surface area contributed by atoms with Crippen LogP contribution in [0.15, 0.2) is 71.3 Å². The summed E-state index contributed by atoms with van der Waals surface area (Å²) in [6, 6.07) is 17.9. The molecular weight excluding hydrogens is 368 g/mol. The van der Waals surface area contributed by atoms with Crippen molar-refractivity contribution in [3.8, 4) is 0 Å². The number of hydrogen-bond acceptors (Lipinski definition) is 4. The van der Waals surface area contributed by atoms with Crippen LogP contribution < -0.4 is 0 Å². The Kier molecular flexibility index (Phi) is 4.99. The molecule has 0 unspecified atom stereocenters. The summed E-state index contributed by atoms with van der Waals surface area (Å²) in [5, 5.41) is 0. The second-order valence-corrected chi connectivity index (χ2v) is 7.00. The lowest BCUT2D eigenvalue weighted by molar-refractivity contribution is 0.0655. The van der Waals surface area contributed by atoms with E-state index in [-0.39, 0.29) is 23.3 Å². The van der Waals surface area contributed by atoms with Crippen LogP contribution in [0.25, 0.3) is 0 Å². The van der Waals surface area contributed by atoms with Crippen LogP contribution in [0, 0.1) is 0 Å². The van der Waals surface area contributed by atoms with Crippen molar-refractivity contribution in [3.63, 3.8) is 0 Å². The zero-order chi connectivity index (χ0) is 20.4. The minimum atomic E-state index is -0.357. The van der Waals surface area contributed by atoms with Gasteiger partial charge in [0.05, 0.1) is 23.9 Å². The molecule has 0 bridgehead atoms. The third-order valence-corrected chi connectivity index (χ3v) is 5.00. The molecule has 3 aromatic rings. The molecule has 2 aromatic carbocycles. The van der Waals surface area contributed by atoms with Crippen LogP contribution in [-0.2, 0) is 13.0 Å². The monoisotopic (exact) mass is 388 g/mol. The summed E-state index contributed by atoms with van der Waals surface area (Å²) >= 11 is 0. The van der Waals surface area contributed by atoms with E-state index in [0.29, 0.717) is 36.4 Å². The van der Waals surface area contributed by atoms with Crippen molar-refractivity contribution < 1.29 is 18.8 Å². The first-order valence-corrected chi connectivity index (χ1v) is 9.36. The molecular formula is C23H20N2O4. The lowest BCUT2D eigenvalue weighted by Gasteiger charge is -2.16. The lowest BCUT2D eigenvalue weighted by Crippen LogP contribution is -2.31. The summed E-state index contributed by atoms with van der Waals surface area (Å²) in [6.07, 6.45) is 2.14. The lowest BCUT2D eigenvalue weighted by atomic mass is 10.0. The molecule has 0 aliphatic carbocycles. The average molecular weight is 388 g/mol. The highest BCUT2D eigenvalue weighted by molar-refractivity contribution is 6.22. The molecule has 0 radical (unpaired) electrons. The number of benzene rings is 2. The Balaban J connectivity index is 1.49. The molecule has 0 fully saturated rings. The molecule has 0 saturated carbocycles. The second kappa shape index (κ2) is 7.75. The Labute approximate surface area is 168 Å². The zero-order valence-corrected chi connectivity index (χ0v) is 16.0. The van der Waals surface area contributed by atoms with Crippen LogP contribution in [0.1, 0.15) is 42.4 Å². The maximum Gasteiger partial charge on any atom is 0.261 e. The molecule has 0 spiro atoms. The highest BCUT2D eigenvalue weighted by Gasteiger charge is 2.35. The summed E-state index contributed by atoms with van der Waals surface area (Å²) in [7, 11) is 1.66. The molecule has 29 heavy (non-hydrogen) atoms. The van der Waals surface area contributed by atoms with Gasteiger partial charge in [0.25, 0.3) is 17.7 Å². The molecule has 1 aliphatic heterocycles. The maximum absolute atomic E-state index is 12.8. The van der Waals surface area contributed by atoms with Crippen LogP contribution in [-0.4, -0.2) is 41.1 Å². The van der Waals surface area contributed by atoms with Gasteiger partial charge >= 0.3 is 0 Å². The van der Waals surface area contributed by atoms with Crippen molar-refractivity contribution in [2.75, 3.05) is 13.6 Å². The van der Waals surface area contributed by atoms with E-state index in [4.69, 9.17) is 4.42 Å². The van der Waals surface area contributed by atoms with Gasteiger partial charge in [-0.25, -0.2) is 0 Å². The van der Waals surface area contributed by atoms with E-state index in [2.05, 4.69) is 0 Å². The molecule has 1 aromatic heterocycles. The molecule has 6 nitrogen and oxygen atoms in total. The number of rotatable bonds is 6. The first-order valence-electron chi connectivity index (χ1n) is 9.36. The molecule has 6 heteroatoms. The largest absolute Gasteiger partial charge is 0.467 e. The maximum atomic E-state index is 12.8. The number of carbonyl (C=O) groups excluding carboxylic acids is 3. The fourth-order valence-electron chi connectivity index (χ4n) is 3.44. The number of hydrogen-bond donors (Lipinski definition) is 0. The van der Waals surface area contributed by atoms with E-state index in [9.17, 15) is 14.4 Å². The number of furan rings is 1. The summed E-state index contributed by atoms with van der Waals surface area (Å²) in [5.74, 6) is -0.249. The van der Waals surface area contributed by atoms with E-state index in [1.54, 1.807) is 37.6 Å². The van der Waals surface area contributed by atoms with Gasteiger partial charge < -0.3 is 9.32 Å². The first kappa shape index (κ1) is 18.7. The van der Waals surface area contributed by atoms with Crippen LogP contribution in [0.3, 0.4) is 0 Å². The smallest absolute Gasteiger partial charge is 0.261 e. The molecule has 0 atom stereocenters. The summed E-state index contributed by atoms with van der Waals surface area (Å²) in [4.78, 5) is 40.9. The molecule has 2 heterocycles. The van der Waals surface area contributed by atoms with Crippen molar-refractivity contribution >= 4 is 17.7 Å². The first-order chi connectivity index (χ1) is 14.0. The van der Waals surface area contributed by atoms with Gasteiger partial charge in [-0.3, -0.25) is 19.3 Å². The fourth-order valence-corrected chi connectivity index (χ4v) is 3.44. The van der Waals surface area contributed by atoms with Crippen LogP contribution >= 0.6 is 0 Å². The summed E-state index contributed by atoms with van der Waals surface area (Å²) in [5.41, 5.74) is 2.04. The number of imide groups is 1. The quantitative estimate of drug-likeness (QED) is 0.607. The zero-order valence-electron chi connectivity index (χ0n) is 16.0. The predicted octanol–water partition coefficient (Wildman–Crippen LogP) is 3.39. The Morgan fingerprint density at radius 2 is 1.72 bits per heavy atom. The number of amides is 3. The van der Waals surface area contributed by atoms with Crippen LogP contribution in [0.5, 0.6) is 0 Å². The van der Waals surface area contributed by atoms with Crippen molar-refractivity contribution in [1.29, 1.82) is 0 Å². The van der Waals surface area contributed by atoms with E-state index >= 15 is 0 Å². The van der Waals surface area contributed by atoms with Gasteiger partial charge in [0.1, 0.15) is 5.76 Å². The molecule has 0 saturated heterocycles. The van der Waals surface area contributed by atoms with Crippen molar-refractivity contribution in [2.24, 2.45) is 0 Å². The van der Waals surface area contributed by atoms with Crippen molar-refractivity contribution in [3.05, 3.63) is 94.9 Å². The van der Waals surface area contributed by atoms with E-state index in [0.717, 1.165) is 5.56 Å². The third-order valence-electron chi connectivity index (χ3n) is 5.00. The molecule has 3 amide bonds. The SMILES string of the molecule is CN(Cc1ccco1)C(=O)c1ccc2c(c1)C(=O)N(CCc1ccccc1)C2=O. The molecule has 4 rings (SSSR count). The highest BCUT2D eigenvalue weighted by Crippen LogP contribution is 2.25. The Morgan fingerprint density at radius 1 is 0.966 bits per heavy atom. The minimum absolute atomic E-state index is 0.243. The topological polar surface area (TPSA) is 70.8 Å². The fraction of sp³-hybridized carbons (Fsp3) is 0.174. The summed E-state index contributed by atoms with van der Waals surface area (Å²) < 4.78 is 5.27.